The smallest absolute Gasteiger partial charge is 0.167 e. The van der Waals surface area contributed by atoms with Crippen LogP contribution >= 0.6 is 12.2 Å². The summed E-state index contributed by atoms with van der Waals surface area (Å²) < 4.78 is 18.8. The van der Waals surface area contributed by atoms with Crippen LogP contribution in [0.1, 0.15) is 12.6 Å². The van der Waals surface area contributed by atoms with Gasteiger partial charge in [-0.2, -0.15) is 0 Å². The second-order valence-electron chi connectivity index (χ2n) is 4.00. The van der Waals surface area contributed by atoms with E-state index >= 15 is 0 Å². The lowest BCUT2D eigenvalue weighted by Crippen LogP contribution is -2.11. The number of nitrogens with zero attached hydrogens (tertiary/aromatic N) is 1. The molecule has 4 nitrogen and oxygen atoms in total. The van der Waals surface area contributed by atoms with Crippen LogP contribution in [0, 0.1) is 5.82 Å². The highest BCUT2D eigenvalue weighted by atomic mass is 32.1. The van der Waals surface area contributed by atoms with Crippen molar-refractivity contribution in [2.45, 2.75) is 6.92 Å². The van der Waals surface area contributed by atoms with Crippen molar-refractivity contribution in [1.82, 2.24) is 4.98 Å². The zero-order valence-electron chi connectivity index (χ0n) is 10.9. The van der Waals surface area contributed by atoms with E-state index in [2.05, 4.69) is 10.3 Å². The molecule has 0 saturated heterocycles. The second-order valence-corrected chi connectivity index (χ2v) is 4.44. The molecule has 0 bridgehead atoms. The summed E-state index contributed by atoms with van der Waals surface area (Å²) >= 11 is 4.82. The van der Waals surface area contributed by atoms with Crippen LogP contribution in [-0.4, -0.2) is 16.6 Å². The van der Waals surface area contributed by atoms with Gasteiger partial charge in [-0.3, -0.25) is 4.98 Å². The highest BCUT2D eigenvalue weighted by molar-refractivity contribution is 7.80. The molecule has 0 spiro atoms. The Kier molecular flexibility index (Phi) is 4.47. The standard InChI is InChI=1S/C14H14FN3OS/c1-2-19-13-6-4-9(7-11(13)15)18-10-3-5-12(14(16)20)17-8-10/h3-8,18H,2H2,1H3,(H2,16,20). The topological polar surface area (TPSA) is 60.2 Å². The van der Waals surface area contributed by atoms with Crippen LogP contribution < -0.4 is 15.8 Å². The molecule has 1 heterocycles. The largest absolute Gasteiger partial charge is 0.491 e. The number of benzene rings is 1. The Morgan fingerprint density at radius 1 is 1.35 bits per heavy atom. The lowest BCUT2D eigenvalue weighted by Gasteiger charge is -2.09. The number of hydrogen-bond acceptors (Lipinski definition) is 4. The molecule has 0 aliphatic carbocycles. The van der Waals surface area contributed by atoms with Crippen LogP contribution in [0.3, 0.4) is 0 Å². The Bertz CT molecular complexity index is 616. The molecule has 0 saturated carbocycles. The SMILES string of the molecule is CCOc1ccc(Nc2ccc(C(N)=S)nc2)cc1F. The van der Waals surface area contributed by atoms with Gasteiger partial charge in [-0.15, -0.1) is 0 Å². The van der Waals surface area contributed by atoms with Gasteiger partial charge in [-0.25, -0.2) is 4.39 Å². The maximum Gasteiger partial charge on any atom is 0.167 e. The molecule has 6 heteroatoms. The summed E-state index contributed by atoms with van der Waals surface area (Å²) in [4.78, 5) is 4.34. The first kappa shape index (κ1) is 14.2. The van der Waals surface area contributed by atoms with E-state index in [0.29, 0.717) is 23.7 Å². The van der Waals surface area contributed by atoms with E-state index in [1.165, 1.54) is 6.07 Å². The number of ether oxygens (including phenoxy) is 1. The van der Waals surface area contributed by atoms with Gasteiger partial charge in [-0.1, -0.05) is 12.2 Å². The first-order valence-corrected chi connectivity index (χ1v) is 6.46. The summed E-state index contributed by atoms with van der Waals surface area (Å²) in [6, 6.07) is 8.16. The molecule has 0 aliphatic heterocycles. The number of aromatic nitrogens is 1. The predicted octanol–water partition coefficient (Wildman–Crippen LogP) is 3.00. The molecule has 1 aromatic heterocycles. The normalized spacial score (nSPS) is 10.1. The monoisotopic (exact) mass is 291 g/mol. The fraction of sp³-hybridized carbons (Fsp3) is 0.143. The van der Waals surface area contributed by atoms with Crippen LogP contribution in [0.4, 0.5) is 15.8 Å². The van der Waals surface area contributed by atoms with Crippen molar-refractivity contribution in [2.75, 3.05) is 11.9 Å². The molecule has 2 rings (SSSR count). The molecule has 0 radical (unpaired) electrons. The fourth-order valence-corrected chi connectivity index (χ4v) is 1.75. The highest BCUT2D eigenvalue weighted by Crippen LogP contribution is 2.23. The maximum atomic E-state index is 13.7. The van der Waals surface area contributed by atoms with E-state index in [-0.39, 0.29) is 10.7 Å². The zero-order chi connectivity index (χ0) is 14.5. The van der Waals surface area contributed by atoms with Gasteiger partial charge in [0.1, 0.15) is 4.99 Å². The average Bonchev–Trinajstić information content (AvgIpc) is 2.42. The van der Waals surface area contributed by atoms with Crippen molar-refractivity contribution in [1.29, 1.82) is 0 Å². The summed E-state index contributed by atoms with van der Waals surface area (Å²) in [6.07, 6.45) is 1.59. The molecule has 20 heavy (non-hydrogen) atoms. The first-order valence-electron chi connectivity index (χ1n) is 6.05. The molecule has 104 valence electrons. The predicted molar refractivity (Wildman–Crippen MR) is 81.0 cm³/mol. The summed E-state index contributed by atoms with van der Waals surface area (Å²) in [7, 11) is 0. The minimum Gasteiger partial charge on any atom is -0.491 e. The Labute approximate surface area is 121 Å². The molecule has 0 amide bonds. The fourth-order valence-electron chi connectivity index (χ4n) is 1.63. The molecular weight excluding hydrogens is 277 g/mol. The van der Waals surface area contributed by atoms with E-state index in [1.54, 1.807) is 37.4 Å². The minimum atomic E-state index is -0.412. The third-order valence-electron chi connectivity index (χ3n) is 2.54. The summed E-state index contributed by atoms with van der Waals surface area (Å²) in [5.41, 5.74) is 7.33. The maximum absolute atomic E-state index is 13.7. The molecule has 0 atom stereocenters. The number of hydrogen-bond donors (Lipinski definition) is 2. The molecular formula is C14H14FN3OS. The Hall–Kier alpha value is -2.21. The second kappa shape index (κ2) is 6.29. The molecule has 3 N–H and O–H groups in total. The minimum absolute atomic E-state index is 0.236. The molecule has 0 unspecified atom stereocenters. The first-order chi connectivity index (χ1) is 9.60. The number of thiocarbonyl (C=S) groups is 1. The lowest BCUT2D eigenvalue weighted by molar-refractivity contribution is 0.321. The third-order valence-corrected chi connectivity index (χ3v) is 2.75. The van der Waals surface area contributed by atoms with Crippen LogP contribution in [-0.2, 0) is 0 Å². The van der Waals surface area contributed by atoms with Crippen molar-refractivity contribution in [3.8, 4) is 5.75 Å². The number of pyridine rings is 1. The van der Waals surface area contributed by atoms with Crippen LogP contribution in [0.25, 0.3) is 0 Å². The van der Waals surface area contributed by atoms with Crippen LogP contribution in [0.2, 0.25) is 0 Å². The van der Waals surface area contributed by atoms with Gasteiger partial charge in [0, 0.05) is 11.8 Å². The molecule has 0 aliphatic rings. The van der Waals surface area contributed by atoms with Gasteiger partial charge >= 0.3 is 0 Å². The van der Waals surface area contributed by atoms with E-state index in [9.17, 15) is 4.39 Å². The number of rotatable bonds is 5. The van der Waals surface area contributed by atoms with Crippen molar-refractivity contribution < 1.29 is 9.13 Å². The zero-order valence-corrected chi connectivity index (χ0v) is 11.7. The van der Waals surface area contributed by atoms with Crippen molar-refractivity contribution in [3.63, 3.8) is 0 Å². The van der Waals surface area contributed by atoms with E-state index in [4.69, 9.17) is 22.7 Å². The quantitative estimate of drug-likeness (QED) is 0.829. The van der Waals surface area contributed by atoms with E-state index < -0.39 is 5.82 Å². The highest BCUT2D eigenvalue weighted by Gasteiger charge is 2.05. The van der Waals surface area contributed by atoms with E-state index in [1.807, 2.05) is 0 Å². The van der Waals surface area contributed by atoms with Crippen molar-refractivity contribution >= 4 is 28.6 Å². The lowest BCUT2D eigenvalue weighted by atomic mass is 10.2. The van der Waals surface area contributed by atoms with Crippen molar-refractivity contribution in [3.05, 3.63) is 48.0 Å². The third kappa shape index (κ3) is 3.42. The van der Waals surface area contributed by atoms with Gasteiger partial charge in [0.2, 0.25) is 0 Å². The summed E-state index contributed by atoms with van der Waals surface area (Å²) in [5.74, 6) is -0.176. The average molecular weight is 291 g/mol. The van der Waals surface area contributed by atoms with Crippen molar-refractivity contribution in [2.24, 2.45) is 5.73 Å². The molecule has 1 aromatic carbocycles. The molecule has 0 fully saturated rings. The van der Waals surface area contributed by atoms with E-state index in [0.717, 1.165) is 0 Å². The van der Waals surface area contributed by atoms with Crippen LogP contribution in [0.15, 0.2) is 36.5 Å². The number of anilines is 2. The number of nitrogens with two attached hydrogens (primary N) is 1. The summed E-state index contributed by atoms with van der Waals surface area (Å²) in [5, 5.41) is 3.04. The van der Waals surface area contributed by atoms with Crippen LogP contribution in [0.5, 0.6) is 5.75 Å². The Balaban J connectivity index is 2.13. The Morgan fingerprint density at radius 2 is 2.10 bits per heavy atom. The number of nitrogens with one attached hydrogen (secondary N) is 1. The van der Waals surface area contributed by atoms with Gasteiger partial charge in [0.15, 0.2) is 11.6 Å². The van der Waals surface area contributed by atoms with Gasteiger partial charge in [0.25, 0.3) is 0 Å². The molecule has 2 aromatic rings. The summed E-state index contributed by atoms with van der Waals surface area (Å²) in [6.45, 7) is 2.23. The Morgan fingerprint density at radius 3 is 2.65 bits per heavy atom. The van der Waals surface area contributed by atoms with Gasteiger partial charge in [0.05, 0.1) is 24.2 Å². The van der Waals surface area contributed by atoms with Gasteiger partial charge in [-0.05, 0) is 31.2 Å². The van der Waals surface area contributed by atoms with Gasteiger partial charge < -0.3 is 15.8 Å². The number of halogens is 1.